The number of aromatic nitrogens is 6. The van der Waals surface area contributed by atoms with Crippen molar-refractivity contribution < 1.29 is 9.21 Å². The first kappa shape index (κ1) is 21.2. The number of anilines is 3. The Bertz CT molecular complexity index is 1150. The summed E-state index contributed by atoms with van der Waals surface area (Å²) in [6.07, 6.45) is 12.4. The van der Waals surface area contributed by atoms with Crippen LogP contribution in [0.4, 0.5) is 17.6 Å². The predicted molar refractivity (Wildman–Crippen MR) is 125 cm³/mol. The fraction of sp³-hybridized carbons (Fsp3) is 0.583. The smallest absolute Gasteiger partial charge is 0.228 e. The number of hydrogen-bond acceptors (Lipinski definition) is 9. The van der Waals surface area contributed by atoms with Crippen molar-refractivity contribution in [2.75, 3.05) is 16.8 Å². The van der Waals surface area contributed by atoms with Crippen molar-refractivity contribution in [1.82, 2.24) is 30.4 Å². The van der Waals surface area contributed by atoms with Gasteiger partial charge in [-0.3, -0.25) is 9.89 Å². The summed E-state index contributed by atoms with van der Waals surface area (Å²) < 4.78 is 5.18. The fourth-order valence-electron chi connectivity index (χ4n) is 5.68. The minimum Gasteiger partial charge on any atom is -0.428 e. The summed E-state index contributed by atoms with van der Waals surface area (Å²) in [5.74, 6) is 3.20. The molecule has 6 rings (SSSR count). The van der Waals surface area contributed by atoms with Crippen molar-refractivity contribution in [3.63, 3.8) is 0 Å². The minimum absolute atomic E-state index is 0.0600. The second-order valence-electron chi connectivity index (χ2n) is 9.65. The number of hydrogen-bond donors (Lipinski definition) is 2. The third-order valence-electron chi connectivity index (χ3n) is 7.42. The molecule has 2 aliphatic carbocycles. The summed E-state index contributed by atoms with van der Waals surface area (Å²) in [4.78, 5) is 24.9. The lowest BCUT2D eigenvalue weighted by Gasteiger charge is -2.24. The Hall–Kier alpha value is -3.30. The van der Waals surface area contributed by atoms with Crippen LogP contribution in [0.3, 0.4) is 0 Å². The number of aromatic amines is 1. The summed E-state index contributed by atoms with van der Waals surface area (Å²) in [5.41, 5.74) is 3.45. The quantitative estimate of drug-likeness (QED) is 0.541. The monoisotopic (exact) mass is 462 g/mol. The molecule has 0 aromatic carbocycles. The molecule has 3 aliphatic rings. The second-order valence-corrected chi connectivity index (χ2v) is 9.65. The number of aryl methyl sites for hydroxylation is 1. The van der Waals surface area contributed by atoms with Gasteiger partial charge in [0.15, 0.2) is 11.6 Å². The minimum atomic E-state index is -0.275. The molecule has 4 heterocycles. The molecule has 2 fully saturated rings. The maximum absolute atomic E-state index is 13.0. The van der Waals surface area contributed by atoms with Gasteiger partial charge in [0, 0.05) is 29.8 Å². The van der Waals surface area contributed by atoms with Gasteiger partial charge in [-0.25, -0.2) is 4.98 Å². The average Bonchev–Trinajstić information content (AvgIpc) is 3.67. The van der Waals surface area contributed by atoms with Crippen LogP contribution in [-0.2, 0) is 24.1 Å². The molecule has 3 aromatic heterocycles. The number of nitrogens with one attached hydrogen (secondary N) is 2. The maximum atomic E-state index is 13.0. The molecular weight excluding hydrogens is 432 g/mol. The highest BCUT2D eigenvalue weighted by molar-refractivity contribution is 5.88. The normalized spacial score (nSPS) is 20.6. The van der Waals surface area contributed by atoms with Gasteiger partial charge in [0.2, 0.25) is 18.2 Å². The van der Waals surface area contributed by atoms with E-state index in [1.165, 1.54) is 49.8 Å². The Balaban J connectivity index is 1.24. The van der Waals surface area contributed by atoms with Crippen molar-refractivity contribution in [1.29, 1.82) is 0 Å². The largest absolute Gasteiger partial charge is 0.428 e. The highest BCUT2D eigenvalue weighted by atomic mass is 16.4. The molecule has 10 nitrogen and oxygen atoms in total. The van der Waals surface area contributed by atoms with Crippen LogP contribution < -0.4 is 10.2 Å². The molecule has 2 N–H and O–H groups in total. The zero-order chi connectivity index (χ0) is 22.9. The van der Waals surface area contributed by atoms with Crippen LogP contribution >= 0.6 is 0 Å². The Kier molecular flexibility index (Phi) is 5.72. The van der Waals surface area contributed by atoms with Gasteiger partial charge < -0.3 is 14.6 Å². The Morgan fingerprint density at radius 3 is 2.88 bits per heavy atom. The SMILES string of the molecule is O=C(Cc1nnco1)C1CCCN1c1nc2c(c(Nc3cc(C4CCCCC4)[nH]n3)n1)CCC2. The molecule has 10 heteroatoms. The lowest BCUT2D eigenvalue weighted by Crippen LogP contribution is -2.38. The fourth-order valence-corrected chi connectivity index (χ4v) is 5.68. The van der Waals surface area contributed by atoms with Crippen molar-refractivity contribution >= 4 is 23.4 Å². The van der Waals surface area contributed by atoms with Crippen LogP contribution in [0.5, 0.6) is 0 Å². The molecule has 3 aromatic rings. The van der Waals surface area contributed by atoms with Crippen molar-refractivity contribution in [3.05, 3.63) is 35.3 Å². The number of Topliss-reactive ketones (excluding diaryl/α,β-unsaturated/α-hetero) is 1. The molecule has 0 radical (unpaired) electrons. The number of rotatable bonds is 7. The van der Waals surface area contributed by atoms with Crippen LogP contribution in [-0.4, -0.2) is 48.7 Å². The number of fused-ring (bicyclic) bond motifs is 1. The van der Waals surface area contributed by atoms with E-state index in [1.807, 2.05) is 4.90 Å². The molecular formula is C24H30N8O2. The molecule has 1 aliphatic heterocycles. The third-order valence-corrected chi connectivity index (χ3v) is 7.42. The Morgan fingerprint density at radius 1 is 1.12 bits per heavy atom. The molecule has 1 atom stereocenters. The molecule has 1 unspecified atom stereocenters. The van der Waals surface area contributed by atoms with E-state index in [4.69, 9.17) is 14.4 Å². The van der Waals surface area contributed by atoms with E-state index in [-0.39, 0.29) is 18.2 Å². The van der Waals surface area contributed by atoms with E-state index in [0.717, 1.165) is 56.0 Å². The van der Waals surface area contributed by atoms with Crippen molar-refractivity contribution in [3.8, 4) is 0 Å². The molecule has 0 bridgehead atoms. The van der Waals surface area contributed by atoms with E-state index in [0.29, 0.717) is 17.8 Å². The summed E-state index contributed by atoms with van der Waals surface area (Å²) >= 11 is 0. The van der Waals surface area contributed by atoms with Gasteiger partial charge in [-0.1, -0.05) is 19.3 Å². The van der Waals surface area contributed by atoms with Gasteiger partial charge in [-0.05, 0) is 44.9 Å². The van der Waals surface area contributed by atoms with Crippen molar-refractivity contribution in [2.45, 2.75) is 82.6 Å². The van der Waals surface area contributed by atoms with Crippen LogP contribution in [0.1, 0.15) is 80.1 Å². The predicted octanol–water partition coefficient (Wildman–Crippen LogP) is 3.64. The summed E-state index contributed by atoms with van der Waals surface area (Å²) in [5, 5.41) is 18.8. The third kappa shape index (κ3) is 4.17. The average molecular weight is 463 g/mol. The van der Waals surface area contributed by atoms with E-state index in [9.17, 15) is 4.79 Å². The number of H-pyrrole nitrogens is 1. The zero-order valence-electron chi connectivity index (χ0n) is 19.3. The van der Waals surface area contributed by atoms with Gasteiger partial charge in [0.05, 0.1) is 18.2 Å². The summed E-state index contributed by atoms with van der Waals surface area (Å²) in [6.45, 7) is 0.757. The first-order chi connectivity index (χ1) is 16.7. The van der Waals surface area contributed by atoms with Crippen LogP contribution in [0.15, 0.2) is 16.9 Å². The van der Waals surface area contributed by atoms with Crippen LogP contribution in [0, 0.1) is 0 Å². The maximum Gasteiger partial charge on any atom is 0.228 e. The molecule has 0 spiro atoms. The lowest BCUT2D eigenvalue weighted by molar-refractivity contribution is -0.119. The molecule has 1 saturated carbocycles. The van der Waals surface area contributed by atoms with E-state index in [1.54, 1.807) is 0 Å². The van der Waals surface area contributed by atoms with Gasteiger partial charge in [0.1, 0.15) is 5.82 Å². The highest BCUT2D eigenvalue weighted by Gasteiger charge is 2.34. The first-order valence-electron chi connectivity index (χ1n) is 12.5. The highest BCUT2D eigenvalue weighted by Crippen LogP contribution is 2.35. The van der Waals surface area contributed by atoms with E-state index < -0.39 is 0 Å². The number of ketones is 1. The second kappa shape index (κ2) is 9.15. The van der Waals surface area contributed by atoms with Gasteiger partial charge in [-0.15, -0.1) is 10.2 Å². The topological polar surface area (TPSA) is 126 Å². The number of carbonyl (C=O) groups excluding carboxylic acids is 1. The molecule has 1 saturated heterocycles. The molecule has 0 amide bonds. The summed E-state index contributed by atoms with van der Waals surface area (Å²) in [6, 6.07) is 1.86. The van der Waals surface area contributed by atoms with Gasteiger partial charge in [0.25, 0.3) is 0 Å². The molecule has 34 heavy (non-hydrogen) atoms. The zero-order valence-corrected chi connectivity index (χ0v) is 19.3. The molecule has 178 valence electrons. The standard InChI is InChI=1S/C24H30N8O2/c33-20(13-22-31-25-14-34-22)19-10-5-11-32(19)24-26-17-9-4-8-16(17)23(28-24)27-21-12-18(29-30-21)15-6-2-1-3-7-15/h12,14-15,19H,1-11,13H2,(H2,26,27,28,29,30). The van der Waals surface area contributed by atoms with Gasteiger partial charge in [-0.2, -0.15) is 10.1 Å². The van der Waals surface area contributed by atoms with Gasteiger partial charge >= 0.3 is 0 Å². The first-order valence-corrected chi connectivity index (χ1v) is 12.5. The van der Waals surface area contributed by atoms with Crippen molar-refractivity contribution in [2.24, 2.45) is 0 Å². The Labute approximate surface area is 198 Å². The number of carbonyl (C=O) groups is 1. The van der Waals surface area contributed by atoms with E-state index in [2.05, 4.69) is 31.8 Å². The Morgan fingerprint density at radius 2 is 2.03 bits per heavy atom. The number of nitrogens with zero attached hydrogens (tertiary/aromatic N) is 6. The van der Waals surface area contributed by atoms with Crippen LogP contribution in [0.25, 0.3) is 0 Å². The van der Waals surface area contributed by atoms with E-state index >= 15 is 0 Å². The summed E-state index contributed by atoms with van der Waals surface area (Å²) in [7, 11) is 0. The lowest BCUT2D eigenvalue weighted by atomic mass is 9.87. The van der Waals surface area contributed by atoms with Crippen LogP contribution in [0.2, 0.25) is 0 Å².